The number of carbonyl (C=O) groups is 1. The molecular weight excluding hydrogens is 254 g/mol. The molecule has 1 aliphatic rings. The van der Waals surface area contributed by atoms with E-state index in [0.717, 1.165) is 6.42 Å². The van der Waals surface area contributed by atoms with Crippen molar-refractivity contribution in [3.05, 3.63) is 29.8 Å². The summed E-state index contributed by atoms with van der Waals surface area (Å²) < 4.78 is 0. The molecule has 19 heavy (non-hydrogen) atoms. The average Bonchev–Trinajstić information content (AvgIpc) is 2.64. The van der Waals surface area contributed by atoms with E-state index in [1.165, 1.54) is 10.5 Å². The Hall–Kier alpha value is -0.960. The Morgan fingerprint density at radius 3 is 2.53 bits per heavy atom. The Kier molecular flexibility index (Phi) is 4.24. The highest BCUT2D eigenvalue weighted by atomic mass is 32.2. The predicted molar refractivity (Wildman–Crippen MR) is 81.6 cm³/mol. The molecule has 104 valence electrons. The molecule has 2 nitrogen and oxygen atoms in total. The van der Waals surface area contributed by atoms with Crippen molar-refractivity contribution in [3.8, 4) is 0 Å². The van der Waals surface area contributed by atoms with Crippen LogP contribution in [0.3, 0.4) is 0 Å². The van der Waals surface area contributed by atoms with E-state index in [2.05, 4.69) is 56.6 Å². The van der Waals surface area contributed by atoms with Gasteiger partial charge in [0.2, 0.25) is 5.91 Å². The van der Waals surface area contributed by atoms with E-state index in [4.69, 9.17) is 0 Å². The van der Waals surface area contributed by atoms with Gasteiger partial charge in [0.1, 0.15) is 0 Å². The van der Waals surface area contributed by atoms with Gasteiger partial charge in [0.05, 0.1) is 0 Å². The fourth-order valence-electron chi connectivity index (χ4n) is 2.93. The van der Waals surface area contributed by atoms with Crippen molar-refractivity contribution in [2.24, 2.45) is 5.92 Å². The van der Waals surface area contributed by atoms with Gasteiger partial charge >= 0.3 is 0 Å². The van der Waals surface area contributed by atoms with E-state index in [9.17, 15) is 4.79 Å². The van der Waals surface area contributed by atoms with Crippen LogP contribution in [0.5, 0.6) is 0 Å². The van der Waals surface area contributed by atoms with E-state index in [-0.39, 0.29) is 17.4 Å². The normalized spacial score (nSPS) is 26.8. The van der Waals surface area contributed by atoms with Crippen LogP contribution in [-0.4, -0.2) is 18.2 Å². The van der Waals surface area contributed by atoms with E-state index < -0.39 is 0 Å². The molecule has 0 spiro atoms. The fraction of sp³-hybridized carbons (Fsp3) is 0.562. The molecule has 1 aromatic rings. The number of benzene rings is 1. The molecule has 1 saturated heterocycles. The van der Waals surface area contributed by atoms with Gasteiger partial charge in [0, 0.05) is 22.8 Å². The molecule has 0 aromatic heterocycles. The number of thioether (sulfide) groups is 1. The maximum atomic E-state index is 11.8. The Balaban J connectivity index is 2.29. The second-order valence-electron chi connectivity index (χ2n) is 6.07. The van der Waals surface area contributed by atoms with Crippen molar-refractivity contribution in [2.75, 3.05) is 6.26 Å². The SMILES string of the molecule is CSc1ccc(C2(C)CC(=O)NC2CC(C)C)cc1. The smallest absolute Gasteiger partial charge is 0.221 e. The lowest BCUT2D eigenvalue weighted by Gasteiger charge is -2.32. The highest BCUT2D eigenvalue weighted by Crippen LogP contribution is 2.38. The minimum absolute atomic E-state index is 0.0711. The van der Waals surface area contributed by atoms with E-state index in [1.807, 2.05) is 0 Å². The Morgan fingerprint density at radius 2 is 2.00 bits per heavy atom. The summed E-state index contributed by atoms with van der Waals surface area (Å²) in [7, 11) is 0. The molecule has 2 unspecified atom stereocenters. The molecule has 2 rings (SSSR count). The first kappa shape index (κ1) is 14.4. The zero-order chi connectivity index (χ0) is 14.0. The van der Waals surface area contributed by atoms with E-state index >= 15 is 0 Å². The maximum Gasteiger partial charge on any atom is 0.221 e. The Morgan fingerprint density at radius 1 is 1.37 bits per heavy atom. The van der Waals surface area contributed by atoms with Crippen LogP contribution < -0.4 is 5.32 Å². The Bertz CT molecular complexity index is 454. The quantitative estimate of drug-likeness (QED) is 0.852. The zero-order valence-electron chi connectivity index (χ0n) is 12.2. The first-order valence-corrected chi connectivity index (χ1v) is 8.12. The predicted octanol–water partition coefficient (Wildman–Crippen LogP) is 3.60. The average molecular weight is 277 g/mol. The van der Waals surface area contributed by atoms with Gasteiger partial charge < -0.3 is 5.32 Å². The summed E-state index contributed by atoms with van der Waals surface area (Å²) in [4.78, 5) is 13.1. The molecule has 2 atom stereocenters. The second-order valence-corrected chi connectivity index (χ2v) is 6.95. The van der Waals surface area contributed by atoms with Gasteiger partial charge in [-0.25, -0.2) is 0 Å². The standard InChI is InChI=1S/C16H23NOS/c1-11(2)9-14-16(3,10-15(18)17-14)12-5-7-13(19-4)8-6-12/h5-8,11,14H,9-10H2,1-4H3,(H,17,18). The van der Waals surface area contributed by atoms with Gasteiger partial charge in [-0.1, -0.05) is 32.9 Å². The van der Waals surface area contributed by atoms with Gasteiger partial charge in [0.25, 0.3) is 0 Å². The minimum Gasteiger partial charge on any atom is -0.352 e. The lowest BCUT2D eigenvalue weighted by molar-refractivity contribution is -0.119. The first-order valence-electron chi connectivity index (χ1n) is 6.89. The summed E-state index contributed by atoms with van der Waals surface area (Å²) >= 11 is 1.75. The van der Waals surface area contributed by atoms with Crippen molar-refractivity contribution < 1.29 is 4.79 Å². The molecule has 1 fully saturated rings. The van der Waals surface area contributed by atoms with Gasteiger partial charge in [-0.3, -0.25) is 4.79 Å². The molecule has 1 amide bonds. The van der Waals surface area contributed by atoms with E-state index in [0.29, 0.717) is 12.3 Å². The summed E-state index contributed by atoms with van der Waals surface area (Å²) in [6.45, 7) is 6.63. The van der Waals surface area contributed by atoms with Crippen LogP contribution in [-0.2, 0) is 10.2 Å². The maximum absolute atomic E-state index is 11.8. The third-order valence-electron chi connectivity index (χ3n) is 4.09. The van der Waals surface area contributed by atoms with Crippen molar-refractivity contribution >= 4 is 17.7 Å². The van der Waals surface area contributed by atoms with Crippen molar-refractivity contribution in [1.82, 2.24) is 5.32 Å². The second kappa shape index (κ2) is 5.58. The van der Waals surface area contributed by atoms with Crippen molar-refractivity contribution in [2.45, 2.75) is 50.0 Å². The van der Waals surface area contributed by atoms with Crippen molar-refractivity contribution in [1.29, 1.82) is 0 Å². The number of amides is 1. The molecule has 1 aliphatic heterocycles. The van der Waals surface area contributed by atoms with Gasteiger partial charge in [-0.15, -0.1) is 11.8 Å². The number of hydrogen-bond donors (Lipinski definition) is 1. The first-order chi connectivity index (χ1) is 8.95. The summed E-state index contributed by atoms with van der Waals surface area (Å²) in [6, 6.07) is 8.92. The third-order valence-corrected chi connectivity index (χ3v) is 4.83. The van der Waals surface area contributed by atoms with Crippen LogP contribution in [0, 0.1) is 5.92 Å². The number of rotatable bonds is 4. The van der Waals surface area contributed by atoms with Crippen LogP contribution in [0.15, 0.2) is 29.2 Å². The summed E-state index contributed by atoms with van der Waals surface area (Å²) in [6.07, 6.45) is 3.72. The Labute approximate surface area is 120 Å². The molecule has 3 heteroatoms. The van der Waals surface area contributed by atoms with Crippen LogP contribution in [0.2, 0.25) is 0 Å². The van der Waals surface area contributed by atoms with Gasteiger partial charge in [0.15, 0.2) is 0 Å². The molecule has 0 bridgehead atoms. The minimum atomic E-state index is -0.0711. The molecule has 0 radical (unpaired) electrons. The molecular formula is C16H23NOS. The highest BCUT2D eigenvalue weighted by molar-refractivity contribution is 7.98. The third kappa shape index (κ3) is 2.97. The van der Waals surface area contributed by atoms with Crippen LogP contribution in [0.25, 0.3) is 0 Å². The summed E-state index contributed by atoms with van der Waals surface area (Å²) in [5, 5.41) is 3.16. The molecule has 0 saturated carbocycles. The number of hydrogen-bond acceptors (Lipinski definition) is 2. The zero-order valence-corrected chi connectivity index (χ0v) is 13.0. The largest absolute Gasteiger partial charge is 0.352 e. The molecule has 1 N–H and O–H groups in total. The molecule has 0 aliphatic carbocycles. The number of carbonyl (C=O) groups excluding carboxylic acids is 1. The topological polar surface area (TPSA) is 29.1 Å². The lowest BCUT2D eigenvalue weighted by Crippen LogP contribution is -2.39. The van der Waals surface area contributed by atoms with Crippen LogP contribution in [0.4, 0.5) is 0 Å². The number of nitrogens with one attached hydrogen (secondary N) is 1. The van der Waals surface area contributed by atoms with Crippen molar-refractivity contribution in [3.63, 3.8) is 0 Å². The van der Waals surface area contributed by atoms with Gasteiger partial charge in [-0.2, -0.15) is 0 Å². The highest BCUT2D eigenvalue weighted by Gasteiger charge is 2.44. The van der Waals surface area contributed by atoms with Crippen LogP contribution in [0.1, 0.15) is 39.2 Å². The summed E-state index contributed by atoms with van der Waals surface area (Å²) in [5.41, 5.74) is 1.20. The van der Waals surface area contributed by atoms with Gasteiger partial charge in [-0.05, 0) is 36.3 Å². The molecule has 1 heterocycles. The monoisotopic (exact) mass is 277 g/mol. The fourth-order valence-corrected chi connectivity index (χ4v) is 3.34. The lowest BCUT2D eigenvalue weighted by atomic mass is 9.73. The van der Waals surface area contributed by atoms with E-state index in [1.54, 1.807) is 11.8 Å². The summed E-state index contributed by atoms with van der Waals surface area (Å²) in [5.74, 6) is 0.773. The van der Waals surface area contributed by atoms with Crippen LogP contribution >= 0.6 is 11.8 Å². The molecule has 1 aromatic carbocycles.